The molecule has 0 atom stereocenters. The Kier molecular flexibility index (Phi) is 4.57. The molecule has 0 aliphatic carbocycles. The zero-order chi connectivity index (χ0) is 18.0. The second-order valence-electron chi connectivity index (χ2n) is 5.42. The number of oxazole rings is 1. The Labute approximate surface area is 145 Å². The van der Waals surface area contributed by atoms with E-state index < -0.39 is 5.63 Å². The summed E-state index contributed by atoms with van der Waals surface area (Å²) in [7, 11) is 0. The highest BCUT2D eigenvalue weighted by molar-refractivity contribution is 5.84. The van der Waals surface area contributed by atoms with Crippen LogP contribution in [0, 0.1) is 0 Å². The molecule has 2 aromatic carbocycles. The van der Waals surface area contributed by atoms with Crippen LogP contribution in [0.4, 0.5) is 5.69 Å². The van der Waals surface area contributed by atoms with E-state index >= 15 is 0 Å². The molecule has 128 valence electrons. The highest BCUT2D eigenvalue weighted by atomic mass is 16.4. The minimum atomic E-state index is -0.495. The predicted molar refractivity (Wildman–Crippen MR) is 101 cm³/mol. The first-order chi connectivity index (χ1) is 12.1. The van der Waals surface area contributed by atoms with Crippen molar-refractivity contribution < 1.29 is 8.83 Å². The molecule has 25 heavy (non-hydrogen) atoms. The first-order valence-corrected chi connectivity index (χ1v) is 8.37. The maximum absolute atomic E-state index is 12.2. The molecule has 0 aliphatic rings. The number of rotatable bonds is 2. The monoisotopic (exact) mass is 336 g/mol. The third-order valence-corrected chi connectivity index (χ3v) is 3.85. The van der Waals surface area contributed by atoms with Crippen LogP contribution in [-0.4, -0.2) is 4.98 Å². The summed E-state index contributed by atoms with van der Waals surface area (Å²) in [5, 5.41) is 0.769. The molecular weight excluding hydrogens is 316 g/mol. The lowest BCUT2D eigenvalue weighted by Gasteiger charge is -2.00. The fourth-order valence-corrected chi connectivity index (χ4v) is 2.59. The third kappa shape index (κ3) is 3.13. The van der Waals surface area contributed by atoms with E-state index in [1.807, 2.05) is 32.0 Å². The van der Waals surface area contributed by atoms with Gasteiger partial charge in [0.2, 0.25) is 5.89 Å². The first kappa shape index (κ1) is 16.8. The molecule has 5 nitrogen and oxygen atoms in total. The number of hydrogen-bond acceptors (Lipinski definition) is 5. The molecule has 0 bridgehead atoms. The van der Waals surface area contributed by atoms with Gasteiger partial charge in [-0.05, 0) is 42.3 Å². The predicted octanol–water partition coefficient (Wildman–Crippen LogP) is 4.77. The lowest BCUT2D eigenvalue weighted by molar-refractivity contribution is 0.553. The maximum atomic E-state index is 12.2. The van der Waals surface area contributed by atoms with E-state index in [1.165, 1.54) is 5.56 Å². The van der Waals surface area contributed by atoms with E-state index in [2.05, 4.69) is 11.9 Å². The molecule has 0 spiro atoms. The van der Waals surface area contributed by atoms with Crippen molar-refractivity contribution >= 4 is 27.8 Å². The minimum Gasteiger partial charge on any atom is -0.436 e. The Bertz CT molecular complexity index is 1090. The number of anilines is 1. The van der Waals surface area contributed by atoms with Gasteiger partial charge in [0.1, 0.15) is 16.7 Å². The van der Waals surface area contributed by atoms with Gasteiger partial charge in [0.05, 0.1) is 0 Å². The standard InChI is InChI=1S/C18H14N2O3.C2H6/c1-2-10-3-6-15-14(7-10)20-17(22-15)13-8-11-4-5-12(19)9-16(11)23-18(13)21;1-2/h3-9H,2,19H2,1H3;1-2H3. The van der Waals surface area contributed by atoms with Gasteiger partial charge < -0.3 is 14.6 Å². The van der Waals surface area contributed by atoms with Crippen molar-refractivity contribution in [2.24, 2.45) is 0 Å². The summed E-state index contributed by atoms with van der Waals surface area (Å²) >= 11 is 0. The Balaban J connectivity index is 0.000000880. The number of nitrogens with two attached hydrogens (primary N) is 1. The highest BCUT2D eigenvalue weighted by Crippen LogP contribution is 2.26. The second-order valence-corrected chi connectivity index (χ2v) is 5.42. The van der Waals surface area contributed by atoms with Crippen LogP contribution in [0.2, 0.25) is 0 Å². The van der Waals surface area contributed by atoms with Crippen molar-refractivity contribution in [1.82, 2.24) is 4.98 Å². The molecule has 0 aliphatic heterocycles. The fourth-order valence-electron chi connectivity index (χ4n) is 2.59. The SMILES string of the molecule is CC.CCc1ccc2oc(-c3cc4ccc(N)cc4oc3=O)nc2c1. The highest BCUT2D eigenvalue weighted by Gasteiger charge is 2.14. The van der Waals surface area contributed by atoms with Crippen LogP contribution in [0.3, 0.4) is 0 Å². The lowest BCUT2D eigenvalue weighted by Crippen LogP contribution is -2.03. The molecule has 2 N–H and O–H groups in total. The molecule has 5 heteroatoms. The Morgan fingerprint density at radius 1 is 1.00 bits per heavy atom. The van der Waals surface area contributed by atoms with Gasteiger partial charge in [-0.25, -0.2) is 9.78 Å². The number of benzene rings is 2. The number of fused-ring (bicyclic) bond motifs is 2. The van der Waals surface area contributed by atoms with Crippen molar-refractivity contribution in [3.8, 4) is 11.5 Å². The summed E-state index contributed by atoms with van der Waals surface area (Å²) in [5.74, 6) is 0.265. The molecule has 2 heterocycles. The van der Waals surface area contributed by atoms with Crippen molar-refractivity contribution in [2.75, 3.05) is 5.73 Å². The zero-order valence-corrected chi connectivity index (χ0v) is 14.5. The summed E-state index contributed by atoms with van der Waals surface area (Å²) in [4.78, 5) is 16.7. The quantitative estimate of drug-likeness (QED) is 0.421. The van der Waals surface area contributed by atoms with Gasteiger partial charge in [-0.15, -0.1) is 0 Å². The van der Waals surface area contributed by atoms with E-state index in [0.717, 1.165) is 17.3 Å². The van der Waals surface area contributed by atoms with E-state index in [4.69, 9.17) is 14.6 Å². The Hall–Kier alpha value is -3.08. The first-order valence-electron chi connectivity index (χ1n) is 8.37. The van der Waals surface area contributed by atoms with E-state index in [1.54, 1.807) is 24.3 Å². The van der Waals surface area contributed by atoms with E-state index in [0.29, 0.717) is 22.4 Å². The molecule has 0 fully saturated rings. The van der Waals surface area contributed by atoms with Crippen LogP contribution in [0.5, 0.6) is 0 Å². The molecule has 0 radical (unpaired) electrons. The Morgan fingerprint density at radius 3 is 2.56 bits per heavy atom. The molecular formula is C20H20N2O3. The van der Waals surface area contributed by atoms with Crippen LogP contribution in [0.15, 0.2) is 56.1 Å². The van der Waals surface area contributed by atoms with Gasteiger partial charge in [0, 0.05) is 17.1 Å². The van der Waals surface area contributed by atoms with Crippen molar-refractivity contribution in [3.05, 3.63) is 58.4 Å². The van der Waals surface area contributed by atoms with Crippen LogP contribution in [0.1, 0.15) is 26.3 Å². The average Bonchev–Trinajstić information content (AvgIpc) is 3.05. The lowest BCUT2D eigenvalue weighted by atomic mass is 10.1. The number of hydrogen-bond donors (Lipinski definition) is 1. The zero-order valence-electron chi connectivity index (χ0n) is 14.5. The summed E-state index contributed by atoms with van der Waals surface area (Å²) < 4.78 is 11.0. The van der Waals surface area contributed by atoms with Crippen LogP contribution in [0.25, 0.3) is 33.5 Å². The van der Waals surface area contributed by atoms with Crippen LogP contribution < -0.4 is 11.4 Å². The summed E-state index contributed by atoms with van der Waals surface area (Å²) in [5.41, 5.74) is 9.05. The van der Waals surface area contributed by atoms with Crippen molar-refractivity contribution in [3.63, 3.8) is 0 Å². The number of aromatic nitrogens is 1. The summed E-state index contributed by atoms with van der Waals surface area (Å²) in [6.45, 7) is 6.08. The minimum absolute atomic E-state index is 0.265. The molecule has 0 unspecified atom stereocenters. The topological polar surface area (TPSA) is 82.3 Å². The fraction of sp³-hybridized carbons (Fsp3) is 0.200. The number of nitrogens with zero attached hydrogens (tertiary/aromatic N) is 1. The van der Waals surface area contributed by atoms with Crippen molar-refractivity contribution in [1.29, 1.82) is 0 Å². The van der Waals surface area contributed by atoms with Gasteiger partial charge in [0.25, 0.3) is 0 Å². The van der Waals surface area contributed by atoms with Crippen LogP contribution in [-0.2, 0) is 6.42 Å². The second kappa shape index (κ2) is 6.81. The molecule has 0 amide bonds. The number of nitrogen functional groups attached to an aromatic ring is 1. The van der Waals surface area contributed by atoms with E-state index in [-0.39, 0.29) is 5.89 Å². The third-order valence-electron chi connectivity index (χ3n) is 3.85. The summed E-state index contributed by atoms with van der Waals surface area (Å²) in [6, 6.07) is 12.7. The van der Waals surface area contributed by atoms with Gasteiger partial charge >= 0.3 is 5.63 Å². The largest absolute Gasteiger partial charge is 0.436 e. The Morgan fingerprint density at radius 2 is 1.80 bits per heavy atom. The molecule has 0 saturated heterocycles. The van der Waals surface area contributed by atoms with Gasteiger partial charge in [-0.2, -0.15) is 0 Å². The molecule has 4 rings (SSSR count). The molecule has 2 aromatic heterocycles. The smallest absolute Gasteiger partial charge is 0.349 e. The average molecular weight is 336 g/mol. The van der Waals surface area contributed by atoms with Crippen LogP contribution >= 0.6 is 0 Å². The van der Waals surface area contributed by atoms with Gasteiger partial charge in [0.15, 0.2) is 5.58 Å². The van der Waals surface area contributed by atoms with Gasteiger partial charge in [-0.3, -0.25) is 0 Å². The maximum Gasteiger partial charge on any atom is 0.349 e. The van der Waals surface area contributed by atoms with Crippen molar-refractivity contribution in [2.45, 2.75) is 27.2 Å². The summed E-state index contributed by atoms with van der Waals surface area (Å²) in [6.07, 6.45) is 0.914. The normalized spacial score (nSPS) is 10.7. The number of aryl methyl sites for hydroxylation is 1. The molecule has 4 aromatic rings. The van der Waals surface area contributed by atoms with E-state index in [9.17, 15) is 4.79 Å². The van der Waals surface area contributed by atoms with Gasteiger partial charge in [-0.1, -0.05) is 26.8 Å². The molecule has 0 saturated carbocycles.